The van der Waals surface area contributed by atoms with E-state index in [1.165, 1.54) is 13.8 Å². The lowest BCUT2D eigenvalue weighted by molar-refractivity contribution is -0.161. The predicted octanol–water partition coefficient (Wildman–Crippen LogP) is 0.445. The van der Waals surface area contributed by atoms with Gasteiger partial charge in [0.25, 0.3) is 0 Å². The first kappa shape index (κ1) is 11.3. The Morgan fingerprint density at radius 1 is 1.29 bits per heavy atom. The van der Waals surface area contributed by atoms with Crippen molar-refractivity contribution in [3.8, 4) is 0 Å². The van der Waals surface area contributed by atoms with Gasteiger partial charge in [-0.3, -0.25) is 9.59 Å². The normalized spacial score (nSPS) is 31.2. The topological polar surface area (TPSA) is 61.8 Å². The van der Waals surface area contributed by atoms with E-state index in [2.05, 4.69) is 0 Å². The van der Waals surface area contributed by atoms with Crippen LogP contribution in [0.2, 0.25) is 0 Å². The fourth-order valence-corrected chi connectivity index (χ4v) is 1.47. The molecule has 0 aromatic carbocycles. The molecule has 0 amide bonds. The maximum absolute atomic E-state index is 10.7. The summed E-state index contributed by atoms with van der Waals surface area (Å²) in [5.74, 6) is -0.940. The zero-order valence-corrected chi connectivity index (χ0v) is 8.61. The minimum Gasteiger partial charge on any atom is -0.456 e. The number of hydrogen-bond donors (Lipinski definition) is 0. The molecule has 1 unspecified atom stereocenters. The molecule has 5 nitrogen and oxygen atoms in total. The van der Waals surface area contributed by atoms with Gasteiger partial charge < -0.3 is 14.2 Å². The summed E-state index contributed by atoms with van der Waals surface area (Å²) in [7, 11) is 0. The van der Waals surface area contributed by atoms with E-state index in [0.717, 1.165) is 0 Å². The molecule has 0 radical (unpaired) electrons. The summed E-state index contributed by atoms with van der Waals surface area (Å²) in [6, 6.07) is 0. The average Bonchev–Trinajstić information content (AvgIpc) is 2.34. The van der Waals surface area contributed by atoms with Crippen molar-refractivity contribution in [1.82, 2.24) is 0 Å². The number of halogens is 1. The second-order valence-corrected chi connectivity index (χ2v) is 3.34. The molecule has 80 valence electrons. The van der Waals surface area contributed by atoms with Crippen LogP contribution in [0.5, 0.6) is 0 Å². The molecule has 3 atom stereocenters. The average molecular weight is 223 g/mol. The molecule has 1 aliphatic rings. The largest absolute Gasteiger partial charge is 0.456 e. The Morgan fingerprint density at radius 3 is 2.36 bits per heavy atom. The summed E-state index contributed by atoms with van der Waals surface area (Å²) in [5.41, 5.74) is -0.761. The first-order chi connectivity index (χ1) is 6.50. The van der Waals surface area contributed by atoms with Gasteiger partial charge in [-0.25, -0.2) is 0 Å². The highest BCUT2D eigenvalue weighted by Gasteiger charge is 2.40. The molecule has 0 spiro atoms. The minimum absolute atomic E-state index is 0.145. The molecule has 1 rings (SSSR count). The van der Waals surface area contributed by atoms with Gasteiger partial charge in [-0.15, -0.1) is 0 Å². The lowest BCUT2D eigenvalue weighted by Crippen LogP contribution is -2.35. The second kappa shape index (κ2) is 4.61. The zero-order chi connectivity index (χ0) is 10.7. The Balaban J connectivity index is 2.56. The van der Waals surface area contributed by atoms with Gasteiger partial charge in [0.1, 0.15) is 0 Å². The van der Waals surface area contributed by atoms with Gasteiger partial charge in [0.15, 0.2) is 17.8 Å². The monoisotopic (exact) mass is 222 g/mol. The number of carbonyl (C=O) groups excluding carboxylic acids is 2. The Hall–Kier alpha value is -0.810. The Bertz CT molecular complexity index is 242. The lowest BCUT2D eigenvalue weighted by Gasteiger charge is -2.18. The Morgan fingerprint density at radius 2 is 1.86 bits per heavy atom. The van der Waals surface area contributed by atoms with Gasteiger partial charge in [0.05, 0.1) is 6.61 Å². The third kappa shape index (κ3) is 2.85. The summed E-state index contributed by atoms with van der Waals surface area (Å²) in [6.45, 7) is 2.67. The van der Waals surface area contributed by atoms with Crippen LogP contribution in [0.15, 0.2) is 0 Å². The van der Waals surface area contributed by atoms with Crippen LogP contribution in [0, 0.1) is 0 Å². The van der Waals surface area contributed by atoms with Crippen LogP contribution in [0.25, 0.3) is 0 Å². The second-order valence-electron chi connectivity index (χ2n) is 2.91. The van der Waals surface area contributed by atoms with E-state index >= 15 is 0 Å². The van der Waals surface area contributed by atoms with Crippen molar-refractivity contribution in [2.45, 2.75) is 31.6 Å². The predicted molar refractivity (Wildman–Crippen MR) is 46.7 cm³/mol. The van der Waals surface area contributed by atoms with Gasteiger partial charge in [-0.05, 0) is 0 Å². The van der Waals surface area contributed by atoms with E-state index in [-0.39, 0.29) is 6.61 Å². The fraction of sp³-hybridized carbons (Fsp3) is 0.750. The summed E-state index contributed by atoms with van der Waals surface area (Å²) in [4.78, 5) is 21.4. The highest BCUT2D eigenvalue weighted by atomic mass is 35.5. The van der Waals surface area contributed by atoms with Crippen LogP contribution in [-0.2, 0) is 23.8 Å². The van der Waals surface area contributed by atoms with Crippen LogP contribution < -0.4 is 0 Å². The summed E-state index contributed by atoms with van der Waals surface area (Å²) >= 11 is 5.71. The smallest absolute Gasteiger partial charge is 0.303 e. The van der Waals surface area contributed by atoms with Crippen molar-refractivity contribution in [2.75, 3.05) is 6.61 Å². The van der Waals surface area contributed by atoms with E-state index in [1.807, 2.05) is 0 Å². The number of esters is 2. The molecule has 1 saturated heterocycles. The maximum atomic E-state index is 10.7. The molecular weight excluding hydrogens is 212 g/mol. The van der Waals surface area contributed by atoms with E-state index in [0.29, 0.717) is 0 Å². The van der Waals surface area contributed by atoms with Crippen LogP contribution in [-0.4, -0.2) is 36.3 Å². The number of hydrogen-bond acceptors (Lipinski definition) is 5. The molecule has 1 heterocycles. The standard InChI is InChI=1S/C8H11ClO5/c1-4(10)13-6-3-12-8(9)7(6)14-5(2)11/h6-8H,3H2,1-2H3/t6-,7-,8?/m1/s1. The molecule has 1 fully saturated rings. The lowest BCUT2D eigenvalue weighted by atomic mass is 10.2. The molecule has 14 heavy (non-hydrogen) atoms. The molecule has 0 aromatic rings. The van der Waals surface area contributed by atoms with Gasteiger partial charge in [0.2, 0.25) is 0 Å². The van der Waals surface area contributed by atoms with Gasteiger partial charge in [-0.2, -0.15) is 0 Å². The molecule has 0 N–H and O–H groups in total. The van der Waals surface area contributed by atoms with Crippen molar-refractivity contribution in [3.05, 3.63) is 0 Å². The zero-order valence-electron chi connectivity index (χ0n) is 7.86. The minimum atomic E-state index is -0.761. The van der Waals surface area contributed by atoms with Crippen LogP contribution in [0.4, 0.5) is 0 Å². The fourth-order valence-electron chi connectivity index (χ4n) is 1.18. The SMILES string of the molecule is CC(=O)O[C@@H]1COC(Cl)[C@@H]1OC(C)=O. The molecule has 0 saturated carbocycles. The van der Waals surface area contributed by atoms with E-state index < -0.39 is 29.7 Å². The van der Waals surface area contributed by atoms with Crippen molar-refractivity contribution < 1.29 is 23.8 Å². The number of rotatable bonds is 2. The van der Waals surface area contributed by atoms with Crippen LogP contribution in [0.1, 0.15) is 13.8 Å². The van der Waals surface area contributed by atoms with Crippen LogP contribution in [0.3, 0.4) is 0 Å². The third-order valence-corrected chi connectivity index (χ3v) is 2.04. The Kier molecular flexibility index (Phi) is 3.71. The third-order valence-electron chi connectivity index (χ3n) is 1.66. The van der Waals surface area contributed by atoms with E-state index in [1.54, 1.807) is 0 Å². The molecule has 0 aliphatic carbocycles. The quantitative estimate of drug-likeness (QED) is 0.501. The van der Waals surface area contributed by atoms with Crippen LogP contribution >= 0.6 is 11.6 Å². The van der Waals surface area contributed by atoms with Crippen molar-refractivity contribution in [1.29, 1.82) is 0 Å². The molecule has 1 aliphatic heterocycles. The molecule has 0 bridgehead atoms. The van der Waals surface area contributed by atoms with Gasteiger partial charge in [-0.1, -0.05) is 11.6 Å². The van der Waals surface area contributed by atoms with Crippen molar-refractivity contribution in [3.63, 3.8) is 0 Å². The van der Waals surface area contributed by atoms with Gasteiger partial charge in [0, 0.05) is 13.8 Å². The molecular formula is C8H11ClO5. The van der Waals surface area contributed by atoms with E-state index in [9.17, 15) is 9.59 Å². The molecule has 0 aromatic heterocycles. The first-order valence-corrected chi connectivity index (χ1v) is 4.54. The maximum Gasteiger partial charge on any atom is 0.303 e. The van der Waals surface area contributed by atoms with E-state index in [4.69, 9.17) is 25.8 Å². The number of alkyl halides is 1. The summed E-state index contributed by atoms with van der Waals surface area (Å²) in [6.07, 6.45) is -1.34. The number of carbonyl (C=O) groups is 2. The highest BCUT2D eigenvalue weighted by molar-refractivity contribution is 6.20. The summed E-state index contributed by atoms with van der Waals surface area (Å²) < 4.78 is 14.7. The first-order valence-electron chi connectivity index (χ1n) is 4.11. The Labute approximate surface area is 86.3 Å². The van der Waals surface area contributed by atoms with Crippen molar-refractivity contribution in [2.24, 2.45) is 0 Å². The van der Waals surface area contributed by atoms with Crippen molar-refractivity contribution >= 4 is 23.5 Å². The molecule has 6 heteroatoms. The summed E-state index contributed by atoms with van der Waals surface area (Å²) in [5, 5.41) is 0. The highest BCUT2D eigenvalue weighted by Crippen LogP contribution is 2.23. The number of ether oxygens (including phenoxy) is 3. The van der Waals surface area contributed by atoms with Gasteiger partial charge >= 0.3 is 11.9 Å².